The van der Waals surface area contributed by atoms with Crippen LogP contribution in [0.5, 0.6) is 0 Å². The van der Waals surface area contributed by atoms with Gasteiger partial charge in [-0.2, -0.15) is 0 Å². The van der Waals surface area contributed by atoms with E-state index in [1.54, 1.807) is 60.7 Å². The summed E-state index contributed by atoms with van der Waals surface area (Å²) in [5.74, 6) is -0.621. The van der Waals surface area contributed by atoms with E-state index in [0.29, 0.717) is 17.3 Å². The fraction of sp³-hybridized carbons (Fsp3) is 0.257. The van der Waals surface area contributed by atoms with Crippen LogP contribution in [0.2, 0.25) is 5.02 Å². The fourth-order valence-corrected chi connectivity index (χ4v) is 6.35. The number of hydrogen-bond donors (Lipinski definition) is 1. The Morgan fingerprint density at radius 1 is 0.818 bits per heavy atom. The lowest BCUT2D eigenvalue weighted by molar-refractivity contribution is -0.140. The molecule has 1 N–H and O–H groups in total. The van der Waals surface area contributed by atoms with Crippen molar-refractivity contribution >= 4 is 39.1 Å². The van der Waals surface area contributed by atoms with E-state index in [1.807, 2.05) is 57.2 Å². The number of aryl methyl sites for hydroxylation is 1. The zero-order chi connectivity index (χ0) is 31.7. The number of hydrogen-bond acceptors (Lipinski definition) is 4. The number of sulfonamides is 1. The summed E-state index contributed by atoms with van der Waals surface area (Å²) in [4.78, 5) is 29.8. The average molecular weight is 632 g/mol. The molecule has 0 spiro atoms. The molecule has 2 amide bonds. The molecule has 230 valence electrons. The predicted molar refractivity (Wildman–Crippen MR) is 176 cm³/mol. The van der Waals surface area contributed by atoms with Gasteiger partial charge in [0.2, 0.25) is 11.8 Å². The van der Waals surface area contributed by atoms with Crippen LogP contribution in [-0.2, 0) is 32.6 Å². The van der Waals surface area contributed by atoms with E-state index in [2.05, 4.69) is 5.32 Å². The van der Waals surface area contributed by atoms with Crippen LogP contribution in [-0.4, -0.2) is 44.3 Å². The van der Waals surface area contributed by atoms with Gasteiger partial charge in [0.1, 0.15) is 12.6 Å². The van der Waals surface area contributed by atoms with Crippen LogP contribution in [0.25, 0.3) is 0 Å². The molecule has 4 aromatic carbocycles. The Morgan fingerprint density at radius 2 is 1.45 bits per heavy atom. The largest absolute Gasteiger partial charge is 0.354 e. The third-order valence-corrected chi connectivity index (χ3v) is 9.16. The summed E-state index contributed by atoms with van der Waals surface area (Å²) in [7, 11) is -4.14. The van der Waals surface area contributed by atoms with Crippen LogP contribution in [0.15, 0.2) is 114 Å². The Bertz CT molecular complexity index is 1650. The number of carbonyl (C=O) groups is 2. The molecule has 7 nitrogen and oxygen atoms in total. The van der Waals surface area contributed by atoms with E-state index in [9.17, 15) is 18.0 Å². The average Bonchev–Trinajstić information content (AvgIpc) is 3.02. The number of anilines is 1. The summed E-state index contributed by atoms with van der Waals surface area (Å²) in [6.07, 6.45) is 0.250. The third kappa shape index (κ3) is 8.71. The molecule has 0 aromatic heterocycles. The first kappa shape index (κ1) is 32.8. The molecule has 0 fully saturated rings. The minimum absolute atomic E-state index is 0.0640. The van der Waals surface area contributed by atoms with Crippen molar-refractivity contribution < 1.29 is 18.0 Å². The van der Waals surface area contributed by atoms with E-state index in [1.165, 1.54) is 17.0 Å². The molecule has 4 rings (SSSR count). The predicted octanol–water partition coefficient (Wildman–Crippen LogP) is 6.26. The smallest absolute Gasteiger partial charge is 0.264 e. The molecule has 1 atom stereocenters. The van der Waals surface area contributed by atoms with Crippen molar-refractivity contribution in [2.75, 3.05) is 17.4 Å². The van der Waals surface area contributed by atoms with Gasteiger partial charge in [0.25, 0.3) is 10.0 Å². The SMILES string of the molecule is Cc1cccc(N(CC(=O)N(Cc2ccc(Cl)cc2)[C@H](Cc2ccccc2)C(=O)NCC(C)C)S(=O)(=O)c2ccccc2)c1. The quantitative estimate of drug-likeness (QED) is 0.189. The number of benzene rings is 4. The molecule has 0 aliphatic carbocycles. The maximum absolute atomic E-state index is 14.4. The maximum Gasteiger partial charge on any atom is 0.264 e. The molecule has 0 unspecified atom stereocenters. The number of carbonyl (C=O) groups excluding carboxylic acids is 2. The highest BCUT2D eigenvalue weighted by atomic mass is 35.5. The summed E-state index contributed by atoms with van der Waals surface area (Å²) in [6.45, 7) is 5.87. The van der Waals surface area contributed by atoms with Gasteiger partial charge in [-0.3, -0.25) is 13.9 Å². The van der Waals surface area contributed by atoms with Crippen LogP contribution < -0.4 is 9.62 Å². The van der Waals surface area contributed by atoms with Crippen molar-refractivity contribution in [3.63, 3.8) is 0 Å². The lowest BCUT2D eigenvalue weighted by Crippen LogP contribution is -2.53. The van der Waals surface area contributed by atoms with Crippen LogP contribution in [0.4, 0.5) is 5.69 Å². The normalized spacial score (nSPS) is 12.0. The summed E-state index contributed by atoms with van der Waals surface area (Å²) in [5, 5.41) is 3.54. The number of rotatable bonds is 13. The Balaban J connectivity index is 1.79. The van der Waals surface area contributed by atoms with Crippen molar-refractivity contribution in [1.29, 1.82) is 0 Å². The standard InChI is InChI=1S/C35H38ClN3O4S/c1-26(2)23-37-35(41)33(22-28-12-6-4-7-13-28)38(24-29-17-19-30(36)20-18-29)34(40)25-39(31-14-10-11-27(3)21-31)44(42,43)32-15-8-5-9-16-32/h4-21,26,33H,22-25H2,1-3H3,(H,37,41)/t33-/m1/s1. The summed E-state index contributed by atoms with van der Waals surface area (Å²) >= 11 is 6.14. The lowest BCUT2D eigenvalue weighted by Gasteiger charge is -2.34. The van der Waals surface area contributed by atoms with Crippen LogP contribution in [0, 0.1) is 12.8 Å². The minimum atomic E-state index is -4.14. The van der Waals surface area contributed by atoms with Crippen molar-refractivity contribution in [2.45, 2.75) is 44.7 Å². The van der Waals surface area contributed by atoms with E-state index < -0.39 is 28.5 Å². The van der Waals surface area contributed by atoms with E-state index in [4.69, 9.17) is 11.6 Å². The van der Waals surface area contributed by atoms with Crippen LogP contribution in [0.3, 0.4) is 0 Å². The molecule has 9 heteroatoms. The second-order valence-electron chi connectivity index (χ2n) is 11.2. The Labute approximate surface area is 265 Å². The Kier molecular flexibility index (Phi) is 11.2. The van der Waals surface area contributed by atoms with Gasteiger partial charge in [0.05, 0.1) is 10.6 Å². The summed E-state index contributed by atoms with van der Waals surface area (Å²) in [6, 6.07) is 30.7. The molecule has 44 heavy (non-hydrogen) atoms. The van der Waals surface area contributed by atoms with Gasteiger partial charge in [0.15, 0.2) is 0 Å². The van der Waals surface area contributed by atoms with E-state index in [0.717, 1.165) is 21.0 Å². The van der Waals surface area contributed by atoms with Crippen molar-refractivity contribution in [3.05, 3.63) is 131 Å². The third-order valence-electron chi connectivity index (χ3n) is 7.12. The molecule has 0 saturated carbocycles. The Hall–Kier alpha value is -4.14. The molecule has 0 bridgehead atoms. The molecule has 0 heterocycles. The van der Waals surface area contributed by atoms with Gasteiger partial charge < -0.3 is 10.2 Å². The van der Waals surface area contributed by atoms with Crippen molar-refractivity contribution in [2.24, 2.45) is 5.92 Å². The molecule has 0 radical (unpaired) electrons. The summed E-state index contributed by atoms with van der Waals surface area (Å²) < 4.78 is 29.2. The number of halogens is 1. The van der Waals surface area contributed by atoms with Crippen LogP contribution >= 0.6 is 11.6 Å². The van der Waals surface area contributed by atoms with Crippen LogP contribution in [0.1, 0.15) is 30.5 Å². The van der Waals surface area contributed by atoms with Crippen molar-refractivity contribution in [3.8, 4) is 0 Å². The number of nitrogens with zero attached hydrogens (tertiary/aromatic N) is 2. The van der Waals surface area contributed by atoms with Gasteiger partial charge in [-0.05, 0) is 65.9 Å². The maximum atomic E-state index is 14.4. The molecular weight excluding hydrogens is 594 g/mol. The Morgan fingerprint density at radius 3 is 2.07 bits per heavy atom. The van der Waals surface area contributed by atoms with Gasteiger partial charge in [0, 0.05) is 24.5 Å². The van der Waals surface area contributed by atoms with Gasteiger partial charge in [-0.1, -0.05) is 98.2 Å². The highest BCUT2D eigenvalue weighted by molar-refractivity contribution is 7.92. The zero-order valence-electron chi connectivity index (χ0n) is 25.2. The van der Waals surface area contributed by atoms with Gasteiger partial charge in [-0.15, -0.1) is 0 Å². The molecule has 4 aromatic rings. The molecule has 0 aliphatic heterocycles. The second-order valence-corrected chi connectivity index (χ2v) is 13.5. The number of amides is 2. The first-order valence-electron chi connectivity index (χ1n) is 14.5. The second kappa shape index (κ2) is 15.0. The zero-order valence-corrected chi connectivity index (χ0v) is 26.8. The highest BCUT2D eigenvalue weighted by Gasteiger charge is 2.34. The van der Waals surface area contributed by atoms with Crippen molar-refractivity contribution in [1.82, 2.24) is 10.2 Å². The topological polar surface area (TPSA) is 86.8 Å². The fourth-order valence-electron chi connectivity index (χ4n) is 4.79. The molecular formula is C35H38ClN3O4S. The number of nitrogens with one attached hydrogen (secondary N) is 1. The minimum Gasteiger partial charge on any atom is -0.354 e. The first-order valence-corrected chi connectivity index (χ1v) is 16.4. The lowest BCUT2D eigenvalue weighted by atomic mass is 10.0. The summed E-state index contributed by atoms with van der Waals surface area (Å²) in [5.41, 5.74) is 2.83. The first-order chi connectivity index (χ1) is 21.0. The van der Waals surface area contributed by atoms with E-state index >= 15 is 0 Å². The van der Waals surface area contributed by atoms with Gasteiger partial charge in [-0.25, -0.2) is 8.42 Å². The van der Waals surface area contributed by atoms with E-state index in [-0.39, 0.29) is 29.7 Å². The monoisotopic (exact) mass is 631 g/mol. The molecule has 0 saturated heterocycles. The molecule has 0 aliphatic rings. The highest BCUT2D eigenvalue weighted by Crippen LogP contribution is 2.26. The van der Waals surface area contributed by atoms with Gasteiger partial charge >= 0.3 is 0 Å².